The predicted molar refractivity (Wildman–Crippen MR) is 110 cm³/mol. The van der Waals surface area contributed by atoms with E-state index < -0.39 is 0 Å². The van der Waals surface area contributed by atoms with Gasteiger partial charge in [-0.15, -0.1) is 12.4 Å². The van der Waals surface area contributed by atoms with Gasteiger partial charge in [0.25, 0.3) is 5.91 Å². The molecule has 2 N–H and O–H groups in total. The van der Waals surface area contributed by atoms with Crippen molar-refractivity contribution in [3.8, 4) is 0 Å². The van der Waals surface area contributed by atoms with Crippen LogP contribution in [0.1, 0.15) is 47.9 Å². The molecule has 1 aliphatic rings. The van der Waals surface area contributed by atoms with Crippen LogP contribution in [-0.4, -0.2) is 28.8 Å². The molecule has 1 fully saturated rings. The van der Waals surface area contributed by atoms with Crippen molar-refractivity contribution in [1.29, 1.82) is 0 Å². The molecule has 1 saturated heterocycles. The number of benzene rings is 2. The van der Waals surface area contributed by atoms with E-state index in [0.29, 0.717) is 11.7 Å². The zero-order valence-electron chi connectivity index (χ0n) is 15.4. The minimum absolute atomic E-state index is 0. The van der Waals surface area contributed by atoms with Gasteiger partial charge in [-0.05, 0) is 54.8 Å². The lowest BCUT2D eigenvalue weighted by atomic mass is 10.0. The second-order valence-corrected chi connectivity index (χ2v) is 6.98. The maximum atomic E-state index is 12.6. The maximum absolute atomic E-state index is 12.6. The van der Waals surface area contributed by atoms with E-state index in [-0.39, 0.29) is 24.4 Å². The summed E-state index contributed by atoms with van der Waals surface area (Å²) >= 11 is 0. The molecule has 2 heterocycles. The molecule has 2 unspecified atom stereocenters. The van der Waals surface area contributed by atoms with E-state index in [2.05, 4.69) is 46.1 Å². The smallest absolute Gasteiger partial charge is 0.272 e. The molecule has 1 aliphatic heterocycles. The van der Waals surface area contributed by atoms with E-state index in [1.807, 2.05) is 29.9 Å². The van der Waals surface area contributed by atoms with Crippen LogP contribution in [0.5, 0.6) is 0 Å². The summed E-state index contributed by atoms with van der Waals surface area (Å²) in [6.45, 7) is 3.98. The van der Waals surface area contributed by atoms with Crippen molar-refractivity contribution in [2.24, 2.45) is 0 Å². The second-order valence-electron chi connectivity index (χ2n) is 6.98. The highest BCUT2D eigenvalue weighted by atomic mass is 35.5. The second kappa shape index (κ2) is 8.55. The third-order valence-electron chi connectivity index (χ3n) is 5.11. The molecule has 27 heavy (non-hydrogen) atoms. The minimum Gasteiger partial charge on any atom is -0.344 e. The van der Waals surface area contributed by atoms with Gasteiger partial charge in [-0.3, -0.25) is 9.48 Å². The Morgan fingerprint density at radius 2 is 2.04 bits per heavy atom. The zero-order valence-corrected chi connectivity index (χ0v) is 16.2. The summed E-state index contributed by atoms with van der Waals surface area (Å²) in [5, 5.41) is 13.3. The number of nitrogens with one attached hydrogen (secondary N) is 2. The first kappa shape index (κ1) is 19.4. The Morgan fingerprint density at radius 1 is 1.22 bits per heavy atom. The first-order valence-electron chi connectivity index (χ1n) is 9.26. The summed E-state index contributed by atoms with van der Waals surface area (Å²) in [4.78, 5) is 12.6. The molecule has 1 aromatic heterocycles. The number of rotatable bonds is 4. The van der Waals surface area contributed by atoms with Crippen LogP contribution < -0.4 is 10.6 Å². The van der Waals surface area contributed by atoms with Crippen molar-refractivity contribution < 1.29 is 4.79 Å². The molecule has 0 bridgehead atoms. The summed E-state index contributed by atoms with van der Waals surface area (Å²) in [5.74, 6) is -0.131. The van der Waals surface area contributed by atoms with Gasteiger partial charge in [0.15, 0.2) is 0 Å². The molecule has 5 nitrogen and oxygen atoms in total. The van der Waals surface area contributed by atoms with Crippen molar-refractivity contribution in [3.63, 3.8) is 0 Å². The van der Waals surface area contributed by atoms with Crippen molar-refractivity contribution in [1.82, 2.24) is 20.4 Å². The fraction of sp³-hybridized carbons (Fsp3) is 0.333. The Labute approximate surface area is 165 Å². The van der Waals surface area contributed by atoms with Gasteiger partial charge in [0.2, 0.25) is 0 Å². The molecule has 4 rings (SSSR count). The Hall–Kier alpha value is -2.37. The monoisotopic (exact) mass is 384 g/mol. The number of hydrogen-bond acceptors (Lipinski definition) is 3. The van der Waals surface area contributed by atoms with E-state index in [0.717, 1.165) is 31.5 Å². The summed E-state index contributed by atoms with van der Waals surface area (Å²) < 4.78 is 1.92. The fourth-order valence-corrected chi connectivity index (χ4v) is 3.55. The van der Waals surface area contributed by atoms with E-state index in [9.17, 15) is 4.79 Å². The van der Waals surface area contributed by atoms with Crippen molar-refractivity contribution in [3.05, 3.63) is 66.0 Å². The van der Waals surface area contributed by atoms with Crippen LogP contribution in [0.2, 0.25) is 0 Å². The highest BCUT2D eigenvalue weighted by molar-refractivity contribution is 5.92. The predicted octanol–water partition coefficient (Wildman–Crippen LogP) is 3.87. The quantitative estimate of drug-likeness (QED) is 0.717. The van der Waals surface area contributed by atoms with Crippen LogP contribution in [0.3, 0.4) is 0 Å². The maximum Gasteiger partial charge on any atom is 0.272 e. The highest BCUT2D eigenvalue weighted by Crippen LogP contribution is 2.21. The molecular formula is C21H25ClN4O. The van der Waals surface area contributed by atoms with E-state index in [1.54, 1.807) is 6.07 Å². The average molecular weight is 385 g/mol. The third-order valence-corrected chi connectivity index (χ3v) is 5.11. The molecule has 0 aliphatic carbocycles. The lowest BCUT2D eigenvalue weighted by molar-refractivity contribution is 0.0933. The lowest BCUT2D eigenvalue weighted by Crippen LogP contribution is -2.32. The van der Waals surface area contributed by atoms with Crippen LogP contribution in [0.4, 0.5) is 0 Å². The van der Waals surface area contributed by atoms with Gasteiger partial charge in [0.05, 0.1) is 12.1 Å². The molecule has 6 heteroatoms. The zero-order chi connectivity index (χ0) is 17.9. The van der Waals surface area contributed by atoms with Gasteiger partial charge in [-0.2, -0.15) is 5.10 Å². The van der Waals surface area contributed by atoms with Gasteiger partial charge in [-0.1, -0.05) is 36.4 Å². The molecule has 1 amide bonds. The number of aromatic nitrogens is 2. The molecule has 3 aromatic rings. The molecule has 2 aromatic carbocycles. The Bertz CT molecular complexity index is 917. The van der Waals surface area contributed by atoms with E-state index in [4.69, 9.17) is 0 Å². The van der Waals surface area contributed by atoms with E-state index >= 15 is 0 Å². The number of carbonyl (C=O) groups excluding carboxylic acids is 1. The Morgan fingerprint density at radius 3 is 2.81 bits per heavy atom. The number of piperidine rings is 1. The van der Waals surface area contributed by atoms with Crippen molar-refractivity contribution in [2.45, 2.75) is 31.8 Å². The van der Waals surface area contributed by atoms with E-state index in [1.165, 1.54) is 10.8 Å². The lowest BCUT2D eigenvalue weighted by Gasteiger charge is -2.22. The van der Waals surface area contributed by atoms with Gasteiger partial charge in [0, 0.05) is 12.7 Å². The highest BCUT2D eigenvalue weighted by Gasteiger charge is 2.19. The third kappa shape index (κ3) is 4.31. The fourth-order valence-electron chi connectivity index (χ4n) is 3.55. The summed E-state index contributed by atoms with van der Waals surface area (Å²) in [5.41, 5.74) is 1.57. The molecule has 2 atom stereocenters. The number of carbonyl (C=O) groups is 1. The molecule has 0 saturated carbocycles. The Balaban J connectivity index is 0.00000210. The van der Waals surface area contributed by atoms with Crippen LogP contribution in [-0.2, 0) is 0 Å². The van der Waals surface area contributed by atoms with Gasteiger partial charge in [-0.25, -0.2) is 0 Å². The molecule has 0 spiro atoms. The summed E-state index contributed by atoms with van der Waals surface area (Å²) in [7, 11) is 0. The number of halogens is 1. The SMILES string of the molecule is CC(NC(=O)c1ccn(C2CCCNC2)n1)c1ccc2ccccc2c1.Cl. The largest absolute Gasteiger partial charge is 0.344 e. The van der Waals surface area contributed by atoms with Crippen LogP contribution in [0.25, 0.3) is 10.8 Å². The van der Waals surface area contributed by atoms with Crippen molar-refractivity contribution >= 4 is 29.1 Å². The minimum atomic E-state index is -0.131. The standard InChI is InChI=1S/C21H24N4O.ClH/c1-15(17-9-8-16-5-2-3-6-18(16)13-17)23-21(26)20-10-12-25(24-20)19-7-4-11-22-14-19;/h2-3,5-6,8-10,12-13,15,19,22H,4,7,11,14H2,1H3,(H,23,26);1H. The van der Waals surface area contributed by atoms with Crippen molar-refractivity contribution in [2.75, 3.05) is 13.1 Å². The number of nitrogens with zero attached hydrogens (tertiary/aromatic N) is 2. The summed E-state index contributed by atoms with van der Waals surface area (Å²) in [6, 6.07) is 16.6. The topological polar surface area (TPSA) is 59.0 Å². The van der Waals surface area contributed by atoms with Crippen LogP contribution in [0, 0.1) is 0 Å². The van der Waals surface area contributed by atoms with Gasteiger partial charge >= 0.3 is 0 Å². The van der Waals surface area contributed by atoms with Gasteiger partial charge in [0.1, 0.15) is 5.69 Å². The van der Waals surface area contributed by atoms with Crippen LogP contribution in [0.15, 0.2) is 54.7 Å². The molecule has 0 radical (unpaired) electrons. The number of fused-ring (bicyclic) bond motifs is 1. The Kier molecular flexibility index (Phi) is 6.14. The number of hydrogen-bond donors (Lipinski definition) is 2. The van der Waals surface area contributed by atoms with Crippen LogP contribution >= 0.6 is 12.4 Å². The number of amides is 1. The molecular weight excluding hydrogens is 360 g/mol. The summed E-state index contributed by atoms with van der Waals surface area (Å²) in [6.07, 6.45) is 4.15. The normalized spacial score (nSPS) is 17.9. The molecule has 142 valence electrons. The first-order chi connectivity index (χ1) is 12.7. The van der Waals surface area contributed by atoms with Gasteiger partial charge < -0.3 is 10.6 Å². The average Bonchev–Trinajstić information content (AvgIpc) is 3.18. The first-order valence-corrected chi connectivity index (χ1v) is 9.26.